The molecule has 0 amide bonds. The van der Waals surface area contributed by atoms with Crippen molar-refractivity contribution in [2.45, 2.75) is 204 Å². The molecule has 0 bridgehead atoms. The number of phenols is 1. The van der Waals surface area contributed by atoms with E-state index in [4.69, 9.17) is 4.74 Å². The quantitative estimate of drug-likeness (QED) is 0.107. The minimum Gasteiger partial charge on any atom is -0.508 e. The largest absolute Gasteiger partial charge is 0.508 e. The number of ether oxygens (including phenoxy) is 1. The second-order valence-corrected chi connectivity index (χ2v) is 17.6. The minimum atomic E-state index is -0.147. The van der Waals surface area contributed by atoms with E-state index in [9.17, 15) is 5.11 Å². The monoisotopic (exact) mass is 751 g/mol. The molecule has 0 aromatic heterocycles. The molecule has 1 aliphatic heterocycles. The highest BCUT2D eigenvalue weighted by Gasteiger charge is 2.32. The Hall–Kier alpha value is -3.26. The fraction of sp³-hybridized carbons (Fsp3) is 0.585. The van der Waals surface area contributed by atoms with Crippen molar-refractivity contribution in [2.75, 3.05) is 0 Å². The van der Waals surface area contributed by atoms with E-state index in [0.717, 1.165) is 106 Å². The predicted molar refractivity (Wildman–Crippen MR) is 245 cm³/mol. The van der Waals surface area contributed by atoms with Gasteiger partial charge in [0.1, 0.15) is 17.1 Å². The molecule has 1 N–H and O–H groups in total. The first-order chi connectivity index (χ1) is 26.1. The number of phenolic OH excluding ortho intramolecular Hbond substituents is 1. The molecule has 1 aliphatic rings. The van der Waals surface area contributed by atoms with Crippen LogP contribution in [0.2, 0.25) is 0 Å². The fourth-order valence-corrected chi connectivity index (χ4v) is 7.35. The first-order valence-electron chi connectivity index (χ1n) is 21.8. The number of fused-ring (bicyclic) bond motifs is 1. The molecule has 0 aliphatic carbocycles. The summed E-state index contributed by atoms with van der Waals surface area (Å²) < 4.78 is 6.56. The van der Waals surface area contributed by atoms with E-state index in [0.29, 0.717) is 5.75 Å². The number of aryl methyl sites for hydroxylation is 1. The Kier molecular flexibility index (Phi) is 22.5. The van der Waals surface area contributed by atoms with E-state index in [1.807, 2.05) is 13.0 Å². The second-order valence-electron chi connectivity index (χ2n) is 17.6. The highest BCUT2D eigenvalue weighted by Crippen LogP contribution is 2.41. The van der Waals surface area contributed by atoms with Crippen LogP contribution in [0.1, 0.15) is 195 Å². The molecule has 0 spiro atoms. The Balaban J connectivity index is 1.60. The van der Waals surface area contributed by atoms with Gasteiger partial charge >= 0.3 is 0 Å². The smallest absolute Gasteiger partial charge is 0.126 e. The van der Waals surface area contributed by atoms with Gasteiger partial charge in [-0.1, -0.05) is 93.2 Å². The number of aromatic hydroxyl groups is 1. The molecule has 0 radical (unpaired) electrons. The number of hydrogen-bond donors (Lipinski definition) is 1. The Morgan fingerprint density at radius 1 is 0.527 bits per heavy atom. The molecule has 55 heavy (non-hydrogen) atoms. The third-order valence-corrected chi connectivity index (χ3v) is 11.6. The molecule has 1 unspecified atom stereocenters. The van der Waals surface area contributed by atoms with E-state index in [2.05, 4.69) is 125 Å². The lowest BCUT2D eigenvalue weighted by atomic mass is 9.87. The summed E-state index contributed by atoms with van der Waals surface area (Å²) in [6.45, 7) is 26.7. The van der Waals surface area contributed by atoms with Gasteiger partial charge < -0.3 is 9.84 Å². The van der Waals surface area contributed by atoms with Gasteiger partial charge in [0.05, 0.1) is 0 Å². The molecule has 306 valence electrons. The molecule has 2 heteroatoms. The number of allylic oxidation sites excluding steroid dienone is 16. The molecule has 1 atom stereocenters. The zero-order chi connectivity index (χ0) is 40.8. The summed E-state index contributed by atoms with van der Waals surface area (Å²) in [5.41, 5.74) is 15.0. The molecule has 2 rings (SSSR count). The third kappa shape index (κ3) is 20.5. The van der Waals surface area contributed by atoms with Crippen LogP contribution in [-0.2, 0) is 6.42 Å². The molecule has 0 fully saturated rings. The van der Waals surface area contributed by atoms with E-state index in [-0.39, 0.29) is 5.60 Å². The van der Waals surface area contributed by atoms with Crippen molar-refractivity contribution in [3.05, 3.63) is 116 Å². The van der Waals surface area contributed by atoms with Crippen molar-refractivity contribution in [2.24, 2.45) is 0 Å². The van der Waals surface area contributed by atoms with Crippen molar-refractivity contribution >= 4 is 0 Å². The Bertz CT molecular complexity index is 1590. The summed E-state index contributed by atoms with van der Waals surface area (Å²) in [4.78, 5) is 0. The Morgan fingerprint density at radius 2 is 0.855 bits per heavy atom. The molecule has 2 nitrogen and oxygen atoms in total. The lowest BCUT2D eigenvalue weighted by molar-refractivity contribution is 0.0560. The predicted octanol–water partition coefficient (Wildman–Crippen LogP) is 16.9. The fourth-order valence-electron chi connectivity index (χ4n) is 7.35. The van der Waals surface area contributed by atoms with Gasteiger partial charge in [-0.15, -0.1) is 0 Å². The SMILES string of the molecule is CC(C)=CCC/C(C)=C/CC/C(C)=C/CC/C(C)=C/CC/C(C)=C/CC/C(C)=C/CC/C(C)=C/CC/C(C)=C/CCC1(C)CCc2cc(O)c(C)c(C)c2O1. The van der Waals surface area contributed by atoms with Crippen molar-refractivity contribution in [1.29, 1.82) is 0 Å². The summed E-state index contributed by atoms with van der Waals surface area (Å²) in [7, 11) is 0. The molecular formula is C53H82O2. The maximum atomic E-state index is 10.2. The van der Waals surface area contributed by atoms with Gasteiger partial charge in [-0.25, -0.2) is 0 Å². The van der Waals surface area contributed by atoms with Crippen LogP contribution >= 0.6 is 0 Å². The van der Waals surface area contributed by atoms with Crippen molar-refractivity contribution in [1.82, 2.24) is 0 Å². The van der Waals surface area contributed by atoms with Crippen molar-refractivity contribution in [3.8, 4) is 11.5 Å². The number of rotatable bonds is 24. The van der Waals surface area contributed by atoms with E-state index in [1.165, 1.54) is 76.7 Å². The molecule has 1 heterocycles. The van der Waals surface area contributed by atoms with Crippen LogP contribution in [0.5, 0.6) is 11.5 Å². The zero-order valence-corrected chi connectivity index (χ0v) is 37.8. The van der Waals surface area contributed by atoms with Gasteiger partial charge in [0, 0.05) is 0 Å². The standard InChI is InChI=1S/C53H82O2/c1-40(2)21-13-22-41(3)23-14-24-42(4)25-15-26-43(5)27-16-28-44(6)29-17-30-45(7)31-18-32-46(8)33-19-34-47(9)35-20-37-53(12)38-36-50-39-51(54)48(10)49(11)52(50)55-53/h21,23,25,27,29,31,33,35,39,54H,13-20,22,24,26,28,30,32,34,36-38H2,1-12H3/b41-23+,42-25+,43-27+,44-29+,45-31+,46-33+,47-35+. The Labute approximate surface area is 340 Å². The van der Waals surface area contributed by atoms with Gasteiger partial charge in [0.2, 0.25) is 0 Å². The topological polar surface area (TPSA) is 29.5 Å². The van der Waals surface area contributed by atoms with Gasteiger partial charge in [-0.05, 0) is 221 Å². The molecule has 1 aromatic carbocycles. The zero-order valence-electron chi connectivity index (χ0n) is 37.8. The van der Waals surface area contributed by atoms with E-state index < -0.39 is 0 Å². The van der Waals surface area contributed by atoms with Gasteiger partial charge in [0.15, 0.2) is 0 Å². The van der Waals surface area contributed by atoms with Crippen LogP contribution in [0.15, 0.2) is 99.3 Å². The van der Waals surface area contributed by atoms with Crippen LogP contribution in [0.25, 0.3) is 0 Å². The highest BCUT2D eigenvalue weighted by molar-refractivity contribution is 5.53. The third-order valence-electron chi connectivity index (χ3n) is 11.6. The summed E-state index contributed by atoms with van der Waals surface area (Å²) >= 11 is 0. The first-order valence-corrected chi connectivity index (χ1v) is 21.8. The number of hydrogen-bond acceptors (Lipinski definition) is 2. The summed E-state index contributed by atoms with van der Waals surface area (Å²) in [6, 6.07) is 1.90. The minimum absolute atomic E-state index is 0.147. The molecule has 1 aromatic rings. The second kappa shape index (κ2) is 25.8. The summed E-state index contributed by atoms with van der Waals surface area (Å²) in [5, 5.41) is 10.2. The number of benzene rings is 1. The maximum absolute atomic E-state index is 10.2. The maximum Gasteiger partial charge on any atom is 0.126 e. The van der Waals surface area contributed by atoms with Gasteiger partial charge in [0.25, 0.3) is 0 Å². The molecule has 0 saturated heterocycles. The summed E-state index contributed by atoms with van der Waals surface area (Å²) in [6.07, 6.45) is 39.7. The molecular weight excluding hydrogens is 669 g/mol. The van der Waals surface area contributed by atoms with Crippen LogP contribution in [-0.4, -0.2) is 10.7 Å². The van der Waals surface area contributed by atoms with Crippen LogP contribution in [0.3, 0.4) is 0 Å². The van der Waals surface area contributed by atoms with Crippen molar-refractivity contribution < 1.29 is 9.84 Å². The van der Waals surface area contributed by atoms with Gasteiger partial charge in [-0.2, -0.15) is 0 Å². The van der Waals surface area contributed by atoms with Gasteiger partial charge in [-0.3, -0.25) is 0 Å². The lowest BCUT2D eigenvalue weighted by Crippen LogP contribution is -2.36. The van der Waals surface area contributed by atoms with Crippen LogP contribution < -0.4 is 4.74 Å². The highest BCUT2D eigenvalue weighted by atomic mass is 16.5. The Morgan fingerprint density at radius 3 is 1.20 bits per heavy atom. The van der Waals surface area contributed by atoms with Crippen LogP contribution in [0.4, 0.5) is 0 Å². The lowest BCUT2D eigenvalue weighted by Gasteiger charge is -2.37. The average molecular weight is 751 g/mol. The molecule has 0 saturated carbocycles. The first kappa shape index (κ1) is 47.9. The van der Waals surface area contributed by atoms with Crippen LogP contribution in [0, 0.1) is 13.8 Å². The average Bonchev–Trinajstić information content (AvgIpc) is 3.11. The van der Waals surface area contributed by atoms with E-state index >= 15 is 0 Å². The normalized spacial score (nSPS) is 17.7. The van der Waals surface area contributed by atoms with Crippen molar-refractivity contribution in [3.63, 3.8) is 0 Å². The van der Waals surface area contributed by atoms with E-state index in [1.54, 1.807) is 0 Å². The summed E-state index contributed by atoms with van der Waals surface area (Å²) in [5.74, 6) is 1.38.